The number of pyridine rings is 1. The molecule has 0 unspecified atom stereocenters. The SMILES string of the molecule is CCN(C)C=Nc1cc(Br)c(OCc2cccc(Br)c2)nc1C. The third kappa shape index (κ3) is 5.32. The molecule has 122 valence electrons. The highest BCUT2D eigenvalue weighted by atomic mass is 79.9. The van der Waals surface area contributed by atoms with E-state index in [9.17, 15) is 0 Å². The average Bonchev–Trinajstić information content (AvgIpc) is 2.53. The fraction of sp³-hybridized carbons (Fsp3) is 0.294. The van der Waals surface area contributed by atoms with E-state index in [1.165, 1.54) is 0 Å². The van der Waals surface area contributed by atoms with Gasteiger partial charge in [-0.15, -0.1) is 0 Å². The molecule has 0 aliphatic rings. The number of aliphatic imine (C=N–C) groups is 1. The molecule has 0 amide bonds. The Morgan fingerprint density at radius 2 is 2.09 bits per heavy atom. The topological polar surface area (TPSA) is 37.7 Å². The summed E-state index contributed by atoms with van der Waals surface area (Å²) in [6.45, 7) is 5.37. The molecule has 0 saturated carbocycles. The molecule has 0 fully saturated rings. The van der Waals surface area contributed by atoms with Crippen LogP contribution in [0.4, 0.5) is 5.69 Å². The number of aryl methyl sites for hydroxylation is 1. The van der Waals surface area contributed by atoms with Gasteiger partial charge in [-0.05, 0) is 53.5 Å². The van der Waals surface area contributed by atoms with Gasteiger partial charge < -0.3 is 9.64 Å². The summed E-state index contributed by atoms with van der Waals surface area (Å²) in [4.78, 5) is 11.0. The van der Waals surface area contributed by atoms with E-state index in [1.54, 1.807) is 6.34 Å². The van der Waals surface area contributed by atoms with E-state index in [0.29, 0.717) is 12.5 Å². The van der Waals surface area contributed by atoms with Crippen LogP contribution in [0.1, 0.15) is 18.2 Å². The molecule has 4 nitrogen and oxygen atoms in total. The van der Waals surface area contributed by atoms with Gasteiger partial charge >= 0.3 is 0 Å². The first-order valence-electron chi connectivity index (χ1n) is 7.28. The van der Waals surface area contributed by atoms with Crippen LogP contribution in [0, 0.1) is 6.92 Å². The molecule has 0 atom stereocenters. The Bertz CT molecular complexity index is 704. The van der Waals surface area contributed by atoms with E-state index < -0.39 is 0 Å². The van der Waals surface area contributed by atoms with Gasteiger partial charge in [0.25, 0.3) is 0 Å². The van der Waals surface area contributed by atoms with Crippen molar-refractivity contribution in [3.05, 3.63) is 50.5 Å². The summed E-state index contributed by atoms with van der Waals surface area (Å²) in [5.74, 6) is 0.574. The maximum absolute atomic E-state index is 5.82. The second-order valence-corrected chi connectivity index (χ2v) is 6.89. The fourth-order valence-electron chi connectivity index (χ4n) is 1.80. The maximum atomic E-state index is 5.82. The normalized spacial score (nSPS) is 11.0. The van der Waals surface area contributed by atoms with E-state index in [4.69, 9.17) is 4.74 Å². The van der Waals surface area contributed by atoms with Gasteiger partial charge in [0.2, 0.25) is 5.88 Å². The summed E-state index contributed by atoms with van der Waals surface area (Å²) < 4.78 is 7.65. The van der Waals surface area contributed by atoms with Crippen molar-refractivity contribution < 1.29 is 4.74 Å². The highest BCUT2D eigenvalue weighted by Crippen LogP contribution is 2.30. The maximum Gasteiger partial charge on any atom is 0.228 e. The molecule has 6 heteroatoms. The van der Waals surface area contributed by atoms with Gasteiger partial charge in [-0.25, -0.2) is 9.98 Å². The lowest BCUT2D eigenvalue weighted by molar-refractivity contribution is 0.291. The first-order valence-corrected chi connectivity index (χ1v) is 8.87. The Balaban J connectivity index is 2.12. The minimum atomic E-state index is 0.464. The van der Waals surface area contributed by atoms with E-state index in [0.717, 1.165) is 32.4 Å². The molecule has 0 bridgehead atoms. The number of nitrogens with zero attached hydrogens (tertiary/aromatic N) is 3. The van der Waals surface area contributed by atoms with Gasteiger partial charge in [0, 0.05) is 18.1 Å². The minimum absolute atomic E-state index is 0.464. The molecular weight excluding hydrogens is 422 g/mol. The van der Waals surface area contributed by atoms with Gasteiger partial charge in [0.05, 0.1) is 22.2 Å². The number of aromatic nitrogens is 1. The lowest BCUT2D eigenvalue weighted by Crippen LogP contribution is -2.14. The van der Waals surface area contributed by atoms with Crippen LogP contribution >= 0.6 is 31.9 Å². The largest absolute Gasteiger partial charge is 0.472 e. The summed E-state index contributed by atoms with van der Waals surface area (Å²) in [5, 5.41) is 0. The quantitative estimate of drug-likeness (QED) is 0.462. The van der Waals surface area contributed by atoms with Crippen molar-refractivity contribution >= 4 is 43.9 Å². The van der Waals surface area contributed by atoms with Crippen LogP contribution in [0.15, 0.2) is 44.3 Å². The van der Waals surface area contributed by atoms with Crippen molar-refractivity contribution in [1.82, 2.24) is 9.88 Å². The zero-order valence-electron chi connectivity index (χ0n) is 13.4. The fourth-order valence-corrected chi connectivity index (χ4v) is 2.67. The highest BCUT2D eigenvalue weighted by molar-refractivity contribution is 9.10. The first-order chi connectivity index (χ1) is 11.0. The van der Waals surface area contributed by atoms with Crippen LogP contribution in [-0.2, 0) is 6.61 Å². The lowest BCUT2D eigenvalue weighted by atomic mass is 10.2. The number of ether oxygens (including phenoxy) is 1. The standard InChI is InChI=1S/C17H19Br2N3O/c1-4-22(3)11-20-16-9-15(19)17(21-12(16)2)23-10-13-6-5-7-14(18)8-13/h5-9,11H,4,10H2,1-3H3. The summed E-state index contributed by atoms with van der Waals surface area (Å²) in [5.41, 5.74) is 2.74. The number of benzene rings is 1. The molecule has 23 heavy (non-hydrogen) atoms. The number of rotatable bonds is 6. The molecule has 0 aliphatic carbocycles. The van der Waals surface area contributed by atoms with E-state index >= 15 is 0 Å². The van der Waals surface area contributed by atoms with Gasteiger partial charge in [0.1, 0.15) is 6.61 Å². The molecule has 2 rings (SSSR count). The second kappa shape index (κ2) is 8.45. The zero-order valence-corrected chi connectivity index (χ0v) is 16.6. The summed E-state index contributed by atoms with van der Waals surface area (Å²) in [6.07, 6.45) is 1.80. The number of hydrogen-bond acceptors (Lipinski definition) is 3. The van der Waals surface area contributed by atoms with Gasteiger partial charge in [-0.2, -0.15) is 0 Å². The number of halogens is 2. The molecular formula is C17H19Br2N3O. The molecule has 2 aromatic rings. The van der Waals surface area contributed by atoms with Gasteiger partial charge in [0.15, 0.2) is 0 Å². The summed E-state index contributed by atoms with van der Waals surface area (Å²) in [6, 6.07) is 9.95. The molecule has 1 aromatic carbocycles. The molecule has 0 radical (unpaired) electrons. The Kier molecular flexibility index (Phi) is 6.59. The Labute approximate surface area is 153 Å². The highest BCUT2D eigenvalue weighted by Gasteiger charge is 2.08. The molecule has 1 aromatic heterocycles. The van der Waals surface area contributed by atoms with Crippen LogP contribution in [0.3, 0.4) is 0 Å². The van der Waals surface area contributed by atoms with Crippen molar-refractivity contribution in [1.29, 1.82) is 0 Å². The summed E-state index contributed by atoms with van der Waals surface area (Å²) >= 11 is 6.97. The predicted molar refractivity (Wildman–Crippen MR) is 102 cm³/mol. The smallest absolute Gasteiger partial charge is 0.228 e. The van der Waals surface area contributed by atoms with E-state index in [-0.39, 0.29) is 0 Å². The van der Waals surface area contributed by atoms with Crippen LogP contribution in [0.5, 0.6) is 5.88 Å². The van der Waals surface area contributed by atoms with Crippen LogP contribution in [0.25, 0.3) is 0 Å². The monoisotopic (exact) mass is 439 g/mol. The minimum Gasteiger partial charge on any atom is -0.472 e. The molecule has 0 aliphatic heterocycles. The lowest BCUT2D eigenvalue weighted by Gasteiger charge is -2.11. The Morgan fingerprint density at radius 1 is 1.30 bits per heavy atom. The van der Waals surface area contributed by atoms with Crippen molar-refractivity contribution in [2.75, 3.05) is 13.6 Å². The van der Waals surface area contributed by atoms with Crippen LogP contribution < -0.4 is 4.74 Å². The van der Waals surface area contributed by atoms with Crippen molar-refractivity contribution in [3.63, 3.8) is 0 Å². The van der Waals surface area contributed by atoms with Gasteiger partial charge in [-0.1, -0.05) is 28.1 Å². The molecule has 0 spiro atoms. The third-order valence-corrected chi connectivity index (χ3v) is 4.33. The average molecular weight is 441 g/mol. The molecule has 1 heterocycles. The van der Waals surface area contributed by atoms with Gasteiger partial charge in [-0.3, -0.25) is 0 Å². The first kappa shape index (κ1) is 17.9. The zero-order chi connectivity index (χ0) is 16.8. The Morgan fingerprint density at radius 3 is 2.78 bits per heavy atom. The van der Waals surface area contributed by atoms with Crippen LogP contribution in [0.2, 0.25) is 0 Å². The van der Waals surface area contributed by atoms with Crippen molar-refractivity contribution in [2.45, 2.75) is 20.5 Å². The van der Waals surface area contributed by atoms with Crippen molar-refractivity contribution in [2.24, 2.45) is 4.99 Å². The second-order valence-electron chi connectivity index (χ2n) is 5.12. The molecule has 0 saturated heterocycles. The van der Waals surface area contributed by atoms with E-state index in [2.05, 4.69) is 48.8 Å². The third-order valence-electron chi connectivity index (χ3n) is 3.27. The Hall–Kier alpha value is -1.40. The van der Waals surface area contributed by atoms with Crippen LogP contribution in [-0.4, -0.2) is 29.8 Å². The summed E-state index contributed by atoms with van der Waals surface area (Å²) in [7, 11) is 1.98. The number of hydrogen-bond donors (Lipinski definition) is 0. The van der Waals surface area contributed by atoms with E-state index in [1.807, 2.05) is 49.2 Å². The predicted octanol–water partition coefficient (Wildman–Crippen LogP) is 5.11. The molecule has 0 N–H and O–H groups in total. The van der Waals surface area contributed by atoms with Crippen molar-refractivity contribution in [3.8, 4) is 5.88 Å².